The molecule has 0 N–H and O–H groups in total. The normalized spacial score (nSPS) is 25.9. The van der Waals surface area contributed by atoms with Crippen LogP contribution in [-0.4, -0.2) is 12.1 Å². The fourth-order valence-electron chi connectivity index (χ4n) is 3.36. The van der Waals surface area contributed by atoms with E-state index in [-0.39, 0.29) is 12.1 Å². The summed E-state index contributed by atoms with van der Waals surface area (Å²) in [7, 11) is 0. The third-order valence-electron chi connectivity index (χ3n) is 4.56. The molecule has 1 aromatic heterocycles. The maximum atomic E-state index is 12.2. The summed E-state index contributed by atoms with van der Waals surface area (Å²) in [6.45, 7) is 9.05. The Balaban J connectivity index is 1.96. The lowest BCUT2D eigenvalue weighted by molar-refractivity contribution is -0.686. The lowest BCUT2D eigenvalue weighted by atomic mass is 9.75. The first-order chi connectivity index (χ1) is 9.95. The number of hydrogen-bond donors (Lipinski definition) is 0. The molecule has 0 saturated heterocycles. The Kier molecular flexibility index (Phi) is 5.38. The zero-order valence-electron chi connectivity index (χ0n) is 13.7. The van der Waals surface area contributed by atoms with Crippen molar-refractivity contribution >= 4 is 5.97 Å². The average Bonchev–Trinajstić information content (AvgIpc) is 2.38. The third kappa shape index (κ3) is 4.55. The molecule has 3 heteroatoms. The van der Waals surface area contributed by atoms with E-state index in [1.807, 2.05) is 36.0 Å². The Hall–Kier alpha value is -1.38. The van der Waals surface area contributed by atoms with Gasteiger partial charge in [-0.1, -0.05) is 27.2 Å². The van der Waals surface area contributed by atoms with E-state index in [9.17, 15) is 4.79 Å². The number of hydrogen-bond acceptors (Lipinski definition) is 2. The Morgan fingerprint density at radius 3 is 2.86 bits per heavy atom. The van der Waals surface area contributed by atoms with Gasteiger partial charge in [0.15, 0.2) is 12.4 Å². The SMILES string of the molecule is Cc1ccc[n+](CC(=O)O[C@@H]2C[C@H](C)CC[C@H]2C(C)C)c1. The van der Waals surface area contributed by atoms with Crippen LogP contribution in [0, 0.1) is 24.7 Å². The van der Waals surface area contributed by atoms with Gasteiger partial charge in [0.1, 0.15) is 6.10 Å². The highest BCUT2D eigenvalue weighted by atomic mass is 16.5. The molecule has 0 spiro atoms. The van der Waals surface area contributed by atoms with Gasteiger partial charge >= 0.3 is 5.97 Å². The van der Waals surface area contributed by atoms with Gasteiger partial charge in [-0.2, -0.15) is 4.57 Å². The summed E-state index contributed by atoms with van der Waals surface area (Å²) in [5.41, 5.74) is 1.15. The van der Waals surface area contributed by atoms with Crippen molar-refractivity contribution in [2.24, 2.45) is 17.8 Å². The van der Waals surface area contributed by atoms with E-state index in [1.54, 1.807) is 0 Å². The highest BCUT2D eigenvalue weighted by Crippen LogP contribution is 2.35. The molecule has 116 valence electrons. The summed E-state index contributed by atoms with van der Waals surface area (Å²) in [5.74, 6) is 1.62. The van der Waals surface area contributed by atoms with Gasteiger partial charge < -0.3 is 4.74 Å². The minimum atomic E-state index is -0.115. The number of pyridine rings is 1. The summed E-state index contributed by atoms with van der Waals surface area (Å²) in [6, 6.07) is 3.99. The number of carbonyl (C=O) groups excluding carboxylic acids is 1. The summed E-state index contributed by atoms with van der Waals surface area (Å²) < 4.78 is 7.72. The van der Waals surface area contributed by atoms with Crippen LogP contribution >= 0.6 is 0 Å². The molecule has 1 aliphatic rings. The van der Waals surface area contributed by atoms with Crippen molar-refractivity contribution in [2.45, 2.75) is 59.6 Å². The number of ether oxygens (including phenoxy) is 1. The van der Waals surface area contributed by atoms with Crippen molar-refractivity contribution in [3.8, 4) is 0 Å². The lowest BCUT2D eigenvalue weighted by Crippen LogP contribution is -2.42. The second kappa shape index (κ2) is 7.06. The average molecular weight is 290 g/mol. The molecular weight excluding hydrogens is 262 g/mol. The minimum Gasteiger partial charge on any atom is -0.457 e. The summed E-state index contributed by atoms with van der Waals surface area (Å²) >= 11 is 0. The van der Waals surface area contributed by atoms with Crippen LogP contribution < -0.4 is 4.57 Å². The molecule has 0 amide bonds. The zero-order valence-corrected chi connectivity index (χ0v) is 13.7. The van der Waals surface area contributed by atoms with Crippen molar-refractivity contribution in [1.82, 2.24) is 0 Å². The standard InChI is InChI=1S/C18H28NO2/c1-13(2)16-8-7-14(3)10-17(16)21-18(20)12-19-9-5-6-15(4)11-19/h5-6,9,11,13-14,16-17H,7-8,10,12H2,1-4H3/q+1/t14-,16+,17-/m1/s1. The van der Waals surface area contributed by atoms with Crippen LogP contribution in [-0.2, 0) is 16.1 Å². The number of esters is 1. The molecule has 0 aliphatic heterocycles. The minimum absolute atomic E-state index is 0.0895. The number of carbonyl (C=O) groups is 1. The van der Waals surface area contributed by atoms with Crippen LogP contribution in [0.5, 0.6) is 0 Å². The van der Waals surface area contributed by atoms with E-state index >= 15 is 0 Å². The molecule has 1 aromatic rings. The fraction of sp³-hybridized carbons (Fsp3) is 0.667. The number of rotatable bonds is 4. The molecule has 1 aliphatic carbocycles. The van der Waals surface area contributed by atoms with Gasteiger partial charge in [0.2, 0.25) is 6.54 Å². The monoisotopic (exact) mass is 290 g/mol. The molecule has 0 unspecified atom stereocenters. The highest BCUT2D eigenvalue weighted by Gasteiger charge is 2.33. The van der Waals surface area contributed by atoms with E-state index < -0.39 is 0 Å². The van der Waals surface area contributed by atoms with Crippen molar-refractivity contribution in [3.63, 3.8) is 0 Å². The molecule has 1 saturated carbocycles. The molecule has 21 heavy (non-hydrogen) atoms. The number of aryl methyl sites for hydroxylation is 1. The first kappa shape index (κ1) is 16.0. The van der Waals surface area contributed by atoms with Gasteiger partial charge in [0.05, 0.1) is 0 Å². The van der Waals surface area contributed by atoms with Gasteiger partial charge in [0.25, 0.3) is 0 Å². The van der Waals surface area contributed by atoms with Gasteiger partial charge in [0, 0.05) is 11.6 Å². The summed E-state index contributed by atoms with van der Waals surface area (Å²) in [4.78, 5) is 12.2. The first-order valence-corrected chi connectivity index (χ1v) is 8.11. The Morgan fingerprint density at radius 1 is 1.43 bits per heavy atom. The smallest absolute Gasteiger partial charge is 0.372 e. The van der Waals surface area contributed by atoms with Crippen LogP contribution in [0.25, 0.3) is 0 Å². The molecule has 2 rings (SSSR count). The van der Waals surface area contributed by atoms with Crippen LogP contribution in [0.1, 0.15) is 45.6 Å². The fourth-order valence-corrected chi connectivity index (χ4v) is 3.36. The van der Waals surface area contributed by atoms with E-state index in [1.165, 1.54) is 12.8 Å². The maximum absolute atomic E-state index is 12.2. The van der Waals surface area contributed by atoms with Crippen molar-refractivity contribution in [1.29, 1.82) is 0 Å². The second-order valence-electron chi connectivity index (χ2n) is 6.91. The molecular formula is C18H28NO2+. The predicted molar refractivity (Wildman–Crippen MR) is 82.6 cm³/mol. The molecule has 3 atom stereocenters. The van der Waals surface area contributed by atoms with Crippen LogP contribution in [0.3, 0.4) is 0 Å². The second-order valence-corrected chi connectivity index (χ2v) is 6.91. The molecule has 0 aromatic carbocycles. The molecule has 1 fully saturated rings. The lowest BCUT2D eigenvalue weighted by Gasteiger charge is -2.36. The van der Waals surface area contributed by atoms with E-state index in [0.717, 1.165) is 12.0 Å². The topological polar surface area (TPSA) is 30.2 Å². The summed E-state index contributed by atoms with van der Waals surface area (Å²) in [6.07, 6.45) is 7.42. The van der Waals surface area contributed by atoms with Gasteiger partial charge in [-0.3, -0.25) is 0 Å². The van der Waals surface area contributed by atoms with E-state index in [4.69, 9.17) is 4.74 Å². The highest BCUT2D eigenvalue weighted by molar-refractivity contribution is 5.67. The largest absolute Gasteiger partial charge is 0.457 e. The van der Waals surface area contributed by atoms with E-state index in [0.29, 0.717) is 24.3 Å². The van der Waals surface area contributed by atoms with Gasteiger partial charge in [-0.25, -0.2) is 4.79 Å². The number of aromatic nitrogens is 1. The van der Waals surface area contributed by atoms with Gasteiger partial charge in [-0.05, 0) is 43.6 Å². The van der Waals surface area contributed by atoms with Crippen LogP contribution in [0.2, 0.25) is 0 Å². The van der Waals surface area contributed by atoms with Gasteiger partial charge in [-0.15, -0.1) is 0 Å². The molecule has 0 radical (unpaired) electrons. The third-order valence-corrected chi connectivity index (χ3v) is 4.56. The Labute approximate surface area is 128 Å². The molecule has 1 heterocycles. The molecule has 0 bridgehead atoms. The quantitative estimate of drug-likeness (QED) is 0.629. The summed E-state index contributed by atoms with van der Waals surface area (Å²) in [5, 5.41) is 0. The van der Waals surface area contributed by atoms with Crippen molar-refractivity contribution in [3.05, 3.63) is 30.1 Å². The Bertz CT molecular complexity index is 484. The Morgan fingerprint density at radius 2 is 2.19 bits per heavy atom. The van der Waals surface area contributed by atoms with Crippen LogP contribution in [0.15, 0.2) is 24.5 Å². The maximum Gasteiger partial charge on any atom is 0.372 e. The van der Waals surface area contributed by atoms with E-state index in [2.05, 4.69) is 20.8 Å². The van der Waals surface area contributed by atoms with Crippen molar-refractivity contribution in [2.75, 3.05) is 0 Å². The predicted octanol–water partition coefficient (Wildman–Crippen LogP) is 3.29. The molecule has 3 nitrogen and oxygen atoms in total. The van der Waals surface area contributed by atoms with Crippen LogP contribution in [0.4, 0.5) is 0 Å². The first-order valence-electron chi connectivity index (χ1n) is 8.11. The zero-order chi connectivity index (χ0) is 15.4. The van der Waals surface area contributed by atoms with Crippen molar-refractivity contribution < 1.29 is 14.1 Å². The number of nitrogens with zero attached hydrogens (tertiary/aromatic N) is 1.